The van der Waals surface area contributed by atoms with Gasteiger partial charge in [0, 0.05) is 0 Å². The van der Waals surface area contributed by atoms with E-state index in [0.29, 0.717) is 6.42 Å². The number of halogens is 3. The Balaban J connectivity index is 2.29. The van der Waals surface area contributed by atoms with Gasteiger partial charge in [0.25, 0.3) is 0 Å². The first-order valence-corrected chi connectivity index (χ1v) is 7.65. The number of nitrogen functional groups attached to an aromatic ring is 1. The van der Waals surface area contributed by atoms with Crippen molar-refractivity contribution in [3.8, 4) is 0 Å². The quantitative estimate of drug-likeness (QED) is 0.868. The van der Waals surface area contributed by atoms with E-state index in [1.807, 2.05) is 0 Å². The molecule has 0 radical (unpaired) electrons. The minimum Gasteiger partial charge on any atom is -0.384 e. The summed E-state index contributed by atoms with van der Waals surface area (Å²) in [5.74, 6) is -0.480. The second-order valence-corrected chi connectivity index (χ2v) is 7.38. The molecule has 0 aromatic carbocycles. The fraction of sp³-hybridized carbons (Fsp3) is 0.545. The van der Waals surface area contributed by atoms with Gasteiger partial charge >= 0.3 is 6.18 Å². The molecule has 0 amide bonds. The maximum atomic E-state index is 12.7. The molecule has 1 aliphatic rings. The van der Waals surface area contributed by atoms with Crippen molar-refractivity contribution in [3.05, 3.63) is 17.7 Å². The van der Waals surface area contributed by atoms with Gasteiger partial charge in [0.15, 0.2) is 9.84 Å². The van der Waals surface area contributed by atoms with Crippen LogP contribution in [0.4, 0.5) is 24.8 Å². The summed E-state index contributed by atoms with van der Waals surface area (Å²) in [7, 11) is -3.17. The molecule has 1 aliphatic heterocycles. The fourth-order valence-corrected chi connectivity index (χ4v) is 4.29. The lowest BCUT2D eigenvalue weighted by atomic mass is 10.0. The molecule has 1 unspecified atom stereocenters. The van der Waals surface area contributed by atoms with E-state index >= 15 is 0 Å². The van der Waals surface area contributed by atoms with Gasteiger partial charge in [0.1, 0.15) is 11.6 Å². The number of alkyl halides is 3. The summed E-state index contributed by atoms with van der Waals surface area (Å²) >= 11 is 0. The summed E-state index contributed by atoms with van der Waals surface area (Å²) in [6.45, 7) is 1.63. The first-order valence-electron chi connectivity index (χ1n) is 5.83. The fourth-order valence-electron chi connectivity index (χ4n) is 2.20. The van der Waals surface area contributed by atoms with E-state index in [0.717, 1.165) is 12.1 Å². The van der Waals surface area contributed by atoms with E-state index in [9.17, 15) is 21.6 Å². The van der Waals surface area contributed by atoms with Crippen molar-refractivity contribution in [3.63, 3.8) is 0 Å². The van der Waals surface area contributed by atoms with E-state index in [1.165, 1.54) is 0 Å². The normalized spacial score (nSPS) is 25.6. The molecule has 0 bridgehead atoms. The minimum absolute atomic E-state index is 0.00490. The predicted octanol–water partition coefficient (Wildman–Crippen LogP) is 1.67. The molecule has 3 N–H and O–H groups in total. The van der Waals surface area contributed by atoms with Crippen LogP contribution in [0.25, 0.3) is 0 Å². The third kappa shape index (κ3) is 3.33. The van der Waals surface area contributed by atoms with Crippen LogP contribution in [-0.4, -0.2) is 30.4 Å². The highest BCUT2D eigenvalue weighted by molar-refractivity contribution is 7.91. The molecule has 9 heteroatoms. The molecule has 1 atom stereocenters. The highest BCUT2D eigenvalue weighted by atomic mass is 32.2. The zero-order chi connectivity index (χ0) is 15.2. The zero-order valence-electron chi connectivity index (χ0n) is 10.7. The lowest BCUT2D eigenvalue weighted by Gasteiger charge is -2.25. The molecule has 1 aromatic heterocycles. The summed E-state index contributed by atoms with van der Waals surface area (Å²) in [5, 5.41) is 2.76. The van der Waals surface area contributed by atoms with Crippen molar-refractivity contribution in [2.24, 2.45) is 0 Å². The molecule has 1 saturated heterocycles. The SMILES string of the molecule is CC1(Nc2cc(C(F)(F)F)cc(N)n2)CCS(=O)(=O)C1. The number of nitrogens with two attached hydrogens (primary N) is 1. The highest BCUT2D eigenvalue weighted by Crippen LogP contribution is 2.33. The number of hydrogen-bond donors (Lipinski definition) is 2. The van der Waals surface area contributed by atoms with Gasteiger partial charge in [-0.15, -0.1) is 0 Å². The Bertz CT molecular complexity index is 630. The van der Waals surface area contributed by atoms with Crippen LogP contribution in [0.3, 0.4) is 0 Å². The molecule has 2 heterocycles. The number of anilines is 2. The first kappa shape index (κ1) is 14.9. The summed E-state index contributed by atoms with van der Waals surface area (Å²) in [5.41, 5.74) is 3.61. The number of sulfone groups is 1. The predicted molar refractivity (Wildman–Crippen MR) is 68.9 cm³/mol. The molecule has 112 valence electrons. The van der Waals surface area contributed by atoms with Crippen molar-refractivity contribution >= 4 is 21.5 Å². The van der Waals surface area contributed by atoms with E-state index in [-0.39, 0.29) is 23.1 Å². The number of hydrogen-bond acceptors (Lipinski definition) is 5. The summed E-state index contributed by atoms with van der Waals surface area (Å²) in [6, 6.07) is 1.56. The average Bonchev–Trinajstić information content (AvgIpc) is 2.50. The third-order valence-electron chi connectivity index (χ3n) is 3.11. The van der Waals surface area contributed by atoms with Crippen molar-refractivity contribution < 1.29 is 21.6 Å². The second kappa shape index (κ2) is 4.51. The summed E-state index contributed by atoms with van der Waals surface area (Å²) < 4.78 is 60.9. The van der Waals surface area contributed by atoms with E-state index in [1.54, 1.807) is 6.92 Å². The molecule has 1 aromatic rings. The van der Waals surface area contributed by atoms with Crippen molar-refractivity contribution in [2.45, 2.75) is 25.1 Å². The van der Waals surface area contributed by atoms with Crippen molar-refractivity contribution in [1.82, 2.24) is 4.98 Å². The van der Waals surface area contributed by atoms with Gasteiger partial charge in [-0.1, -0.05) is 0 Å². The van der Waals surface area contributed by atoms with Gasteiger partial charge in [0.2, 0.25) is 0 Å². The summed E-state index contributed by atoms with van der Waals surface area (Å²) in [4.78, 5) is 3.78. The molecule has 0 aliphatic carbocycles. The van der Waals surface area contributed by atoms with Gasteiger partial charge < -0.3 is 11.1 Å². The van der Waals surface area contributed by atoms with Crippen LogP contribution in [0.15, 0.2) is 12.1 Å². The van der Waals surface area contributed by atoms with Crippen LogP contribution in [0, 0.1) is 0 Å². The Morgan fingerprint density at radius 2 is 2.05 bits per heavy atom. The van der Waals surface area contributed by atoms with E-state index in [4.69, 9.17) is 5.73 Å². The molecule has 1 fully saturated rings. The lowest BCUT2D eigenvalue weighted by Crippen LogP contribution is -2.36. The monoisotopic (exact) mass is 309 g/mol. The van der Waals surface area contributed by atoms with Crippen LogP contribution in [0.5, 0.6) is 0 Å². The number of rotatable bonds is 2. The van der Waals surface area contributed by atoms with Crippen LogP contribution in [0.1, 0.15) is 18.9 Å². The Labute approximate surface area is 114 Å². The standard InChI is InChI=1S/C11H14F3N3O2S/c1-10(2-3-20(18,19)6-10)17-9-5-7(11(12,13)14)4-8(15)16-9/h4-5H,2-3,6H2,1H3,(H3,15,16,17). The Morgan fingerprint density at radius 3 is 2.55 bits per heavy atom. The smallest absolute Gasteiger partial charge is 0.384 e. The number of aromatic nitrogens is 1. The largest absolute Gasteiger partial charge is 0.416 e. The molecule has 20 heavy (non-hydrogen) atoms. The molecule has 0 spiro atoms. The van der Waals surface area contributed by atoms with Gasteiger partial charge in [0.05, 0.1) is 22.6 Å². The van der Waals surface area contributed by atoms with Gasteiger partial charge in [-0.3, -0.25) is 0 Å². The number of nitrogens with zero attached hydrogens (tertiary/aromatic N) is 1. The Kier molecular flexibility index (Phi) is 3.35. The molecular formula is C11H14F3N3O2S. The van der Waals surface area contributed by atoms with Gasteiger partial charge in [-0.2, -0.15) is 13.2 Å². The molecular weight excluding hydrogens is 295 g/mol. The summed E-state index contributed by atoms with van der Waals surface area (Å²) in [6.07, 6.45) is -4.22. The maximum absolute atomic E-state index is 12.7. The van der Waals surface area contributed by atoms with Gasteiger partial charge in [-0.25, -0.2) is 13.4 Å². The first-order chi connectivity index (χ1) is 8.99. The lowest BCUT2D eigenvalue weighted by molar-refractivity contribution is -0.137. The zero-order valence-corrected chi connectivity index (χ0v) is 11.5. The third-order valence-corrected chi connectivity index (χ3v) is 5.01. The molecule has 5 nitrogen and oxygen atoms in total. The van der Waals surface area contributed by atoms with Crippen LogP contribution >= 0.6 is 0 Å². The number of pyridine rings is 1. The molecule has 2 rings (SSSR count). The molecule has 0 saturated carbocycles. The van der Waals surface area contributed by atoms with E-state index in [2.05, 4.69) is 10.3 Å². The second-order valence-electron chi connectivity index (χ2n) is 5.19. The topological polar surface area (TPSA) is 85.1 Å². The maximum Gasteiger partial charge on any atom is 0.416 e. The highest BCUT2D eigenvalue weighted by Gasteiger charge is 2.39. The number of nitrogens with one attached hydrogen (secondary N) is 1. The van der Waals surface area contributed by atoms with Crippen LogP contribution in [0.2, 0.25) is 0 Å². The van der Waals surface area contributed by atoms with Crippen LogP contribution < -0.4 is 11.1 Å². The van der Waals surface area contributed by atoms with Crippen molar-refractivity contribution in [1.29, 1.82) is 0 Å². The average molecular weight is 309 g/mol. The minimum atomic E-state index is -4.53. The van der Waals surface area contributed by atoms with Crippen LogP contribution in [-0.2, 0) is 16.0 Å². The van der Waals surface area contributed by atoms with Gasteiger partial charge in [-0.05, 0) is 25.5 Å². The van der Waals surface area contributed by atoms with E-state index < -0.39 is 27.1 Å². The Hall–Kier alpha value is -1.51. The Morgan fingerprint density at radius 1 is 1.40 bits per heavy atom. The van der Waals surface area contributed by atoms with Crippen molar-refractivity contribution in [2.75, 3.05) is 22.6 Å².